The molecule has 0 aliphatic carbocycles. The number of hydrogen-bond acceptors (Lipinski definition) is 4. The van der Waals surface area contributed by atoms with Gasteiger partial charge in [-0.3, -0.25) is 4.79 Å². The largest absolute Gasteiger partial charge is 0.486 e. The molecule has 5 heteroatoms. The lowest BCUT2D eigenvalue weighted by Crippen LogP contribution is -2.20. The van der Waals surface area contributed by atoms with Gasteiger partial charge in [-0.1, -0.05) is 12.1 Å². The van der Waals surface area contributed by atoms with Crippen LogP contribution in [0.25, 0.3) is 0 Å². The number of nitrogens with one attached hydrogen (secondary N) is 1. The number of nitrogens with two attached hydrogens (primary N) is 1. The number of carbonyl (C=O) groups is 1. The van der Waals surface area contributed by atoms with Crippen LogP contribution in [-0.2, 0) is 0 Å². The summed E-state index contributed by atoms with van der Waals surface area (Å²) in [6.07, 6.45) is 0. The number of hydrogen-bond donors (Lipinski definition) is 2. The Bertz CT molecular complexity index is 655. The van der Waals surface area contributed by atoms with Crippen LogP contribution in [0.15, 0.2) is 42.5 Å². The van der Waals surface area contributed by atoms with Gasteiger partial charge in [-0.25, -0.2) is 0 Å². The molecule has 0 bridgehead atoms. The number of ether oxygens (including phenoxy) is 2. The fourth-order valence-electron chi connectivity index (χ4n) is 2.07. The Morgan fingerprint density at radius 2 is 1.90 bits per heavy atom. The van der Waals surface area contributed by atoms with Gasteiger partial charge in [0.15, 0.2) is 11.5 Å². The van der Waals surface area contributed by atoms with Crippen LogP contribution in [0.5, 0.6) is 11.5 Å². The minimum absolute atomic E-state index is 0.252. The average Bonchev–Trinajstić information content (AvgIpc) is 2.46. The number of carbonyl (C=O) groups excluding carboxylic acids is 1. The van der Waals surface area contributed by atoms with Gasteiger partial charge in [0.1, 0.15) is 13.2 Å². The zero-order valence-corrected chi connectivity index (χ0v) is 10.8. The highest BCUT2D eigenvalue weighted by molar-refractivity contribution is 6.06. The highest BCUT2D eigenvalue weighted by atomic mass is 16.6. The molecule has 0 spiro atoms. The number of anilines is 2. The Hall–Kier alpha value is -2.69. The van der Waals surface area contributed by atoms with Crippen molar-refractivity contribution in [3.8, 4) is 11.5 Å². The van der Waals surface area contributed by atoms with E-state index >= 15 is 0 Å². The molecule has 3 N–H and O–H groups in total. The smallest absolute Gasteiger partial charge is 0.259 e. The van der Waals surface area contributed by atoms with Gasteiger partial charge < -0.3 is 20.5 Å². The van der Waals surface area contributed by atoms with Crippen LogP contribution in [0.1, 0.15) is 10.4 Å². The maximum Gasteiger partial charge on any atom is 0.259 e. The monoisotopic (exact) mass is 270 g/mol. The van der Waals surface area contributed by atoms with Crippen molar-refractivity contribution in [3.05, 3.63) is 48.0 Å². The van der Waals surface area contributed by atoms with E-state index in [1.807, 2.05) is 0 Å². The molecule has 1 aliphatic rings. The third-order valence-corrected chi connectivity index (χ3v) is 2.96. The second-order valence-corrected chi connectivity index (χ2v) is 4.41. The van der Waals surface area contributed by atoms with Crippen molar-refractivity contribution in [1.82, 2.24) is 0 Å². The molecule has 0 aromatic heterocycles. The molecule has 20 heavy (non-hydrogen) atoms. The maximum atomic E-state index is 12.3. The van der Waals surface area contributed by atoms with E-state index in [9.17, 15) is 4.79 Å². The Kier molecular flexibility index (Phi) is 3.16. The zero-order valence-electron chi connectivity index (χ0n) is 10.8. The van der Waals surface area contributed by atoms with Gasteiger partial charge in [0.05, 0.1) is 5.56 Å². The first-order valence-corrected chi connectivity index (χ1v) is 6.29. The van der Waals surface area contributed by atoms with Crippen molar-refractivity contribution in [1.29, 1.82) is 0 Å². The first-order valence-electron chi connectivity index (χ1n) is 6.29. The third-order valence-electron chi connectivity index (χ3n) is 2.96. The molecule has 0 radical (unpaired) electrons. The van der Waals surface area contributed by atoms with Gasteiger partial charge in [-0.2, -0.15) is 0 Å². The summed E-state index contributed by atoms with van der Waals surface area (Å²) < 4.78 is 11.0. The predicted octanol–water partition coefficient (Wildman–Crippen LogP) is 2.29. The fraction of sp³-hybridized carbons (Fsp3) is 0.133. The summed E-state index contributed by atoms with van der Waals surface area (Å²) in [5.74, 6) is 0.828. The number of fused-ring (bicyclic) bond motifs is 1. The van der Waals surface area contributed by atoms with E-state index in [2.05, 4.69) is 5.32 Å². The molecular formula is C15H14N2O3. The summed E-state index contributed by atoms with van der Waals surface area (Å²) in [5, 5.41) is 2.79. The molecule has 0 saturated heterocycles. The summed E-state index contributed by atoms with van der Waals surface area (Å²) in [6.45, 7) is 0.933. The van der Waals surface area contributed by atoms with E-state index in [4.69, 9.17) is 15.2 Å². The second-order valence-electron chi connectivity index (χ2n) is 4.41. The highest BCUT2D eigenvalue weighted by Gasteiger charge is 2.20. The number of para-hydroxylation sites is 1. The number of amides is 1. The van der Waals surface area contributed by atoms with Crippen LogP contribution >= 0.6 is 0 Å². The Morgan fingerprint density at radius 3 is 2.75 bits per heavy atom. The van der Waals surface area contributed by atoms with Crippen LogP contribution in [0.4, 0.5) is 11.4 Å². The van der Waals surface area contributed by atoms with Crippen molar-refractivity contribution in [2.75, 3.05) is 24.3 Å². The van der Waals surface area contributed by atoms with Gasteiger partial charge >= 0.3 is 0 Å². The Labute approximate surface area is 116 Å². The average molecular weight is 270 g/mol. The molecule has 1 heterocycles. The topological polar surface area (TPSA) is 73.6 Å². The van der Waals surface area contributed by atoms with Crippen LogP contribution in [-0.4, -0.2) is 19.1 Å². The molecule has 2 aromatic rings. The lowest BCUT2D eigenvalue weighted by molar-refractivity contribution is 0.101. The van der Waals surface area contributed by atoms with E-state index in [0.29, 0.717) is 41.7 Å². The molecule has 1 amide bonds. The normalized spacial score (nSPS) is 12.8. The Morgan fingerprint density at radius 1 is 1.10 bits per heavy atom. The minimum Gasteiger partial charge on any atom is -0.486 e. The molecule has 3 rings (SSSR count). The van der Waals surface area contributed by atoms with Gasteiger partial charge in [0.25, 0.3) is 5.91 Å². The number of nitrogen functional groups attached to an aromatic ring is 1. The molecule has 0 atom stereocenters. The standard InChI is InChI=1S/C15H14N2O3/c16-10-3-1-4-11(9-10)17-15(18)12-5-2-6-13-14(12)20-8-7-19-13/h1-6,9H,7-8,16H2,(H,17,18). The van der Waals surface area contributed by atoms with E-state index in [1.54, 1.807) is 42.5 Å². The van der Waals surface area contributed by atoms with Crippen molar-refractivity contribution in [2.45, 2.75) is 0 Å². The molecule has 102 valence electrons. The van der Waals surface area contributed by atoms with E-state index in [1.165, 1.54) is 0 Å². The van der Waals surface area contributed by atoms with Crippen LogP contribution in [0.2, 0.25) is 0 Å². The first kappa shape index (κ1) is 12.3. The molecule has 0 unspecified atom stereocenters. The summed E-state index contributed by atoms with van der Waals surface area (Å²) >= 11 is 0. The summed E-state index contributed by atoms with van der Waals surface area (Å²) in [7, 11) is 0. The van der Waals surface area contributed by atoms with Crippen LogP contribution < -0.4 is 20.5 Å². The zero-order chi connectivity index (χ0) is 13.9. The number of benzene rings is 2. The number of rotatable bonds is 2. The summed E-state index contributed by atoms with van der Waals surface area (Å²) in [6, 6.07) is 12.3. The molecule has 2 aromatic carbocycles. The lowest BCUT2D eigenvalue weighted by Gasteiger charge is -2.20. The Balaban J connectivity index is 1.88. The van der Waals surface area contributed by atoms with Crippen molar-refractivity contribution in [3.63, 3.8) is 0 Å². The molecule has 0 saturated carbocycles. The highest BCUT2D eigenvalue weighted by Crippen LogP contribution is 2.33. The summed E-state index contributed by atoms with van der Waals surface area (Å²) in [5.41, 5.74) is 7.37. The summed E-state index contributed by atoms with van der Waals surface area (Å²) in [4.78, 5) is 12.3. The van der Waals surface area contributed by atoms with Gasteiger partial charge in [0.2, 0.25) is 0 Å². The van der Waals surface area contributed by atoms with Crippen LogP contribution in [0, 0.1) is 0 Å². The molecule has 1 aliphatic heterocycles. The van der Waals surface area contributed by atoms with E-state index < -0.39 is 0 Å². The van der Waals surface area contributed by atoms with Crippen molar-refractivity contribution >= 4 is 17.3 Å². The second kappa shape index (κ2) is 5.13. The van der Waals surface area contributed by atoms with Crippen molar-refractivity contribution in [2.24, 2.45) is 0 Å². The van der Waals surface area contributed by atoms with E-state index in [-0.39, 0.29) is 5.91 Å². The fourth-order valence-corrected chi connectivity index (χ4v) is 2.07. The van der Waals surface area contributed by atoms with E-state index in [0.717, 1.165) is 0 Å². The molecular weight excluding hydrogens is 256 g/mol. The van der Waals surface area contributed by atoms with Gasteiger partial charge in [-0.05, 0) is 30.3 Å². The molecule has 0 fully saturated rings. The minimum atomic E-state index is -0.252. The molecule has 5 nitrogen and oxygen atoms in total. The van der Waals surface area contributed by atoms with Crippen LogP contribution in [0.3, 0.4) is 0 Å². The maximum absolute atomic E-state index is 12.3. The lowest BCUT2D eigenvalue weighted by atomic mass is 10.1. The van der Waals surface area contributed by atoms with Crippen molar-refractivity contribution < 1.29 is 14.3 Å². The third kappa shape index (κ3) is 2.38. The predicted molar refractivity (Wildman–Crippen MR) is 76.2 cm³/mol. The quantitative estimate of drug-likeness (QED) is 0.821. The van der Waals surface area contributed by atoms with Gasteiger partial charge in [-0.15, -0.1) is 0 Å². The SMILES string of the molecule is Nc1cccc(NC(=O)c2cccc3c2OCCO3)c1. The first-order chi connectivity index (χ1) is 9.74. The van der Waals surface area contributed by atoms with Gasteiger partial charge in [0, 0.05) is 11.4 Å².